The summed E-state index contributed by atoms with van der Waals surface area (Å²) in [6.07, 6.45) is 6.00. The highest BCUT2D eigenvalue weighted by atomic mass is 127. The summed E-state index contributed by atoms with van der Waals surface area (Å²) in [4.78, 5) is 50.3. The van der Waals surface area contributed by atoms with Crippen molar-refractivity contribution in [1.29, 1.82) is 0 Å². The summed E-state index contributed by atoms with van der Waals surface area (Å²) < 4.78 is 30.7. The number of fused-ring (bicyclic) bond motifs is 4. The summed E-state index contributed by atoms with van der Waals surface area (Å²) in [5, 5.41) is 7.66. The topological polar surface area (TPSA) is 228 Å². The van der Waals surface area contributed by atoms with Crippen molar-refractivity contribution >= 4 is 112 Å². The molecule has 10 rings (SSSR count). The molecule has 6 aromatic heterocycles. The zero-order valence-electron chi connectivity index (χ0n) is 32.0. The van der Waals surface area contributed by atoms with E-state index in [1.165, 1.54) is 25.0 Å². The lowest BCUT2D eigenvalue weighted by Gasteiger charge is -2.14. The van der Waals surface area contributed by atoms with E-state index in [0.29, 0.717) is 67.5 Å². The number of nitrogens with zero attached hydrogens (tertiary/aromatic N) is 10. The number of hydrogen-bond donors (Lipinski definition) is 4. The van der Waals surface area contributed by atoms with Gasteiger partial charge in [0.15, 0.2) is 22.9 Å². The highest BCUT2D eigenvalue weighted by molar-refractivity contribution is 14.1. The third-order valence-corrected chi connectivity index (χ3v) is 12.3. The van der Waals surface area contributed by atoms with Crippen LogP contribution < -0.4 is 10.6 Å². The summed E-state index contributed by atoms with van der Waals surface area (Å²) >= 11 is 15.2. The zero-order chi connectivity index (χ0) is 42.8. The van der Waals surface area contributed by atoms with Crippen LogP contribution in [0, 0.1) is 3.57 Å². The predicted octanol–water partition coefficient (Wildman–Crippen LogP) is 8.40. The summed E-state index contributed by atoms with van der Waals surface area (Å²) in [6, 6.07) is 25.5. The fraction of sp³-hybridized carbons (Fsp3) is 0.0732. The van der Waals surface area contributed by atoms with Gasteiger partial charge in [0.05, 0.1) is 76.7 Å². The SMILES string of the molecule is COS(=O)(=O)c1cccc2nc(-c3ccccc3Cl)c(CNc3ncnc4nc[nH]c34)nc12.Clc1ccccc1-c1nc2cccc(I)c2nc1CNc1ncnc2nc[nH]c12. The van der Waals surface area contributed by atoms with Crippen LogP contribution in [0.3, 0.4) is 0 Å². The maximum atomic E-state index is 12.5. The molecule has 0 fully saturated rings. The van der Waals surface area contributed by atoms with Gasteiger partial charge >= 0.3 is 0 Å². The Morgan fingerprint density at radius 3 is 1.65 bits per heavy atom. The maximum absolute atomic E-state index is 12.5. The van der Waals surface area contributed by atoms with E-state index in [1.807, 2.05) is 60.7 Å². The number of halogens is 3. The second-order valence-electron chi connectivity index (χ2n) is 13.2. The van der Waals surface area contributed by atoms with E-state index in [2.05, 4.69) is 78.1 Å². The minimum absolute atomic E-state index is 0.0695. The average Bonchev–Trinajstić information content (AvgIpc) is 3.99. The van der Waals surface area contributed by atoms with Crippen molar-refractivity contribution in [3.05, 3.63) is 135 Å². The number of hydrogen-bond acceptors (Lipinski definition) is 15. The van der Waals surface area contributed by atoms with Crippen molar-refractivity contribution < 1.29 is 12.6 Å². The van der Waals surface area contributed by atoms with E-state index < -0.39 is 10.1 Å². The maximum Gasteiger partial charge on any atom is 0.298 e. The standard InChI is InChI=1S/C21H16ClN7O3S.C20H13ClIN7/c1-32-33(30,31)16-8-4-7-14-18(16)29-15(17(28-14)12-5-2-3-6-13(12)22)9-23-20-19-21(25-10-24-19)27-11-26-20;21-12-5-2-1-4-11(12)16-15(29-17-13(22)6-3-7-14(17)28-16)8-23-19-18-20(25-9-24-18)27-10-26-19/h2-8,10-11H,9H2,1H3,(H2,23,24,25,26,27);1-7,9-10H,8H2,(H2,23,24,25,26,27). The monoisotopic (exact) mass is 994 g/mol. The molecule has 0 unspecified atom stereocenters. The molecule has 4 aromatic carbocycles. The lowest BCUT2D eigenvalue weighted by Crippen LogP contribution is -2.10. The Hall–Kier alpha value is -6.52. The minimum atomic E-state index is -4.00. The molecule has 0 aliphatic heterocycles. The van der Waals surface area contributed by atoms with Gasteiger partial charge in [-0.05, 0) is 59.0 Å². The third-order valence-electron chi connectivity index (χ3n) is 9.49. The predicted molar refractivity (Wildman–Crippen MR) is 245 cm³/mol. The molecule has 10 aromatic rings. The van der Waals surface area contributed by atoms with Gasteiger partial charge in [-0.1, -0.05) is 71.7 Å². The van der Waals surface area contributed by atoms with Gasteiger partial charge < -0.3 is 20.6 Å². The molecular weight excluding hydrogens is 966 g/mol. The number of aromatic amines is 2. The summed E-state index contributed by atoms with van der Waals surface area (Å²) in [6.45, 7) is 0.593. The Morgan fingerprint density at radius 1 is 0.613 bits per heavy atom. The molecule has 0 atom stereocenters. The van der Waals surface area contributed by atoms with Gasteiger partial charge in [-0.15, -0.1) is 0 Å². The van der Waals surface area contributed by atoms with Crippen LogP contribution in [-0.2, 0) is 27.4 Å². The Labute approximate surface area is 375 Å². The van der Waals surface area contributed by atoms with E-state index in [0.717, 1.165) is 44.2 Å². The molecule has 62 heavy (non-hydrogen) atoms. The molecule has 0 spiro atoms. The zero-order valence-corrected chi connectivity index (χ0v) is 36.5. The van der Waals surface area contributed by atoms with Crippen molar-refractivity contribution in [2.45, 2.75) is 18.0 Å². The number of H-pyrrole nitrogens is 2. The van der Waals surface area contributed by atoms with Crippen LogP contribution in [-0.4, -0.2) is 75.3 Å². The van der Waals surface area contributed by atoms with Crippen LogP contribution in [0.4, 0.5) is 11.6 Å². The Morgan fingerprint density at radius 2 is 1.11 bits per heavy atom. The number of nitrogens with one attached hydrogen (secondary N) is 4. The van der Waals surface area contributed by atoms with Crippen LogP contribution in [0.2, 0.25) is 10.0 Å². The van der Waals surface area contributed by atoms with Gasteiger partial charge in [-0.3, -0.25) is 4.18 Å². The highest BCUT2D eigenvalue weighted by Gasteiger charge is 2.22. The van der Waals surface area contributed by atoms with Gasteiger partial charge in [0.2, 0.25) is 0 Å². The van der Waals surface area contributed by atoms with Crippen LogP contribution in [0.15, 0.2) is 115 Å². The molecule has 0 bridgehead atoms. The van der Waals surface area contributed by atoms with Crippen LogP contribution in [0.25, 0.3) is 66.9 Å². The van der Waals surface area contributed by atoms with Crippen LogP contribution in [0.1, 0.15) is 11.4 Å². The average molecular weight is 996 g/mol. The normalized spacial score (nSPS) is 11.5. The third kappa shape index (κ3) is 8.14. The fourth-order valence-electron chi connectivity index (χ4n) is 6.57. The van der Waals surface area contributed by atoms with E-state index in [-0.39, 0.29) is 17.0 Å². The molecule has 0 amide bonds. The van der Waals surface area contributed by atoms with E-state index in [1.54, 1.807) is 24.5 Å². The second-order valence-corrected chi connectivity index (χ2v) is 16.9. The van der Waals surface area contributed by atoms with E-state index in [4.69, 9.17) is 42.3 Å². The van der Waals surface area contributed by atoms with E-state index >= 15 is 0 Å². The number of rotatable bonds is 10. The first-order valence-electron chi connectivity index (χ1n) is 18.5. The van der Waals surface area contributed by atoms with Gasteiger partial charge in [0.25, 0.3) is 10.1 Å². The van der Waals surface area contributed by atoms with Crippen LogP contribution >= 0.6 is 45.8 Å². The van der Waals surface area contributed by atoms with Gasteiger partial charge in [-0.25, -0.2) is 49.8 Å². The van der Waals surface area contributed by atoms with E-state index in [9.17, 15) is 8.42 Å². The molecule has 0 saturated carbocycles. The largest absolute Gasteiger partial charge is 0.362 e. The molecule has 0 radical (unpaired) electrons. The van der Waals surface area contributed by atoms with Gasteiger partial charge in [0.1, 0.15) is 39.6 Å². The van der Waals surface area contributed by atoms with Crippen molar-refractivity contribution in [3.8, 4) is 22.5 Å². The quantitative estimate of drug-likeness (QED) is 0.0745. The van der Waals surface area contributed by atoms with Gasteiger partial charge in [0, 0.05) is 14.7 Å². The first-order valence-corrected chi connectivity index (χ1v) is 21.7. The fourth-order valence-corrected chi connectivity index (χ4v) is 8.44. The number of imidazole rings is 2. The second kappa shape index (κ2) is 17.5. The molecule has 6 heterocycles. The number of benzene rings is 4. The minimum Gasteiger partial charge on any atom is -0.362 e. The first-order chi connectivity index (χ1) is 30.2. The first kappa shape index (κ1) is 40.9. The highest BCUT2D eigenvalue weighted by Crippen LogP contribution is 2.33. The Bertz CT molecular complexity index is 3410. The summed E-state index contributed by atoms with van der Waals surface area (Å²) in [5.74, 6) is 1.17. The number of anilines is 2. The van der Waals surface area contributed by atoms with Gasteiger partial charge in [-0.2, -0.15) is 8.42 Å². The van der Waals surface area contributed by atoms with Crippen molar-refractivity contribution in [2.24, 2.45) is 0 Å². The lowest BCUT2D eigenvalue weighted by atomic mass is 10.1. The van der Waals surface area contributed by atoms with Crippen molar-refractivity contribution in [2.75, 3.05) is 17.7 Å². The smallest absolute Gasteiger partial charge is 0.298 e. The summed E-state index contributed by atoms with van der Waals surface area (Å²) in [5.41, 5.74) is 8.79. The molecule has 0 aliphatic carbocycles. The molecule has 21 heteroatoms. The molecule has 4 N–H and O–H groups in total. The Balaban J connectivity index is 0.000000159. The lowest BCUT2D eigenvalue weighted by molar-refractivity contribution is 0.398. The number of aromatic nitrogens is 12. The Kier molecular flexibility index (Phi) is 11.5. The number of para-hydroxylation sites is 2. The molecule has 17 nitrogen and oxygen atoms in total. The molecule has 308 valence electrons. The summed E-state index contributed by atoms with van der Waals surface area (Å²) in [7, 11) is -2.89. The van der Waals surface area contributed by atoms with Crippen LogP contribution in [0.5, 0.6) is 0 Å². The van der Waals surface area contributed by atoms with Crippen molar-refractivity contribution in [3.63, 3.8) is 0 Å². The van der Waals surface area contributed by atoms with Crippen molar-refractivity contribution in [1.82, 2.24) is 59.8 Å². The molecule has 0 saturated heterocycles. The molecule has 0 aliphatic rings. The molecular formula is C41H29Cl2IN14O3S.